The van der Waals surface area contributed by atoms with Crippen LogP contribution in [0.2, 0.25) is 10.0 Å². The largest absolute Gasteiger partial charge is 0.449 e. The Morgan fingerprint density at radius 1 is 1.07 bits per heavy atom. The first-order chi connectivity index (χ1) is 13.3. The first-order valence-corrected chi connectivity index (χ1v) is 9.37. The number of rotatable bonds is 4. The number of fused-ring (bicyclic) bond motifs is 1. The quantitative estimate of drug-likeness (QED) is 0.582. The van der Waals surface area contributed by atoms with Crippen LogP contribution in [0, 0.1) is 13.8 Å². The highest BCUT2D eigenvalue weighted by Gasteiger charge is 2.23. The van der Waals surface area contributed by atoms with Crippen LogP contribution in [0.5, 0.6) is 0 Å². The molecular formula is C21H18Cl2N2O3. The molecule has 1 unspecified atom stereocenters. The highest BCUT2D eigenvalue weighted by atomic mass is 35.5. The second kappa shape index (κ2) is 8.17. The molecule has 0 fully saturated rings. The van der Waals surface area contributed by atoms with E-state index in [1.54, 1.807) is 25.1 Å². The summed E-state index contributed by atoms with van der Waals surface area (Å²) in [6, 6.07) is 12.4. The van der Waals surface area contributed by atoms with Gasteiger partial charge in [0, 0.05) is 5.39 Å². The third-order valence-electron chi connectivity index (χ3n) is 4.40. The van der Waals surface area contributed by atoms with Gasteiger partial charge in [0.1, 0.15) is 0 Å². The Kier molecular flexibility index (Phi) is 5.87. The van der Waals surface area contributed by atoms with E-state index >= 15 is 0 Å². The number of ether oxygens (including phenoxy) is 1. The molecule has 3 rings (SSSR count). The lowest BCUT2D eigenvalue weighted by Crippen LogP contribution is -2.30. The number of aromatic nitrogens is 1. The molecule has 1 aromatic heterocycles. The standard InChI is InChI=1S/C21H18Cl2N2O3/c1-11-14-7-4-5-9-16(14)24-12(2)18(11)21(27)28-13(3)20(26)25-17-10-6-8-15(22)19(17)23/h4-10,13H,1-3H3,(H,25,26). The summed E-state index contributed by atoms with van der Waals surface area (Å²) in [5, 5.41) is 4.02. The van der Waals surface area contributed by atoms with Gasteiger partial charge in [-0.3, -0.25) is 9.78 Å². The van der Waals surface area contributed by atoms with Crippen molar-refractivity contribution in [2.75, 3.05) is 5.32 Å². The van der Waals surface area contributed by atoms with E-state index in [1.165, 1.54) is 6.92 Å². The maximum absolute atomic E-state index is 12.7. The second-order valence-electron chi connectivity index (χ2n) is 6.35. The van der Waals surface area contributed by atoms with E-state index < -0.39 is 18.0 Å². The molecule has 3 aromatic rings. The van der Waals surface area contributed by atoms with Gasteiger partial charge in [0.2, 0.25) is 0 Å². The molecule has 1 heterocycles. The monoisotopic (exact) mass is 416 g/mol. The van der Waals surface area contributed by atoms with E-state index in [4.69, 9.17) is 27.9 Å². The van der Waals surface area contributed by atoms with E-state index in [1.807, 2.05) is 31.2 Å². The number of esters is 1. The van der Waals surface area contributed by atoms with Gasteiger partial charge >= 0.3 is 5.97 Å². The molecule has 0 radical (unpaired) electrons. The Bertz CT molecular complexity index is 1080. The summed E-state index contributed by atoms with van der Waals surface area (Å²) in [5.41, 5.74) is 2.82. The molecule has 144 valence electrons. The van der Waals surface area contributed by atoms with Gasteiger partial charge in [0.15, 0.2) is 6.10 Å². The molecule has 0 aliphatic heterocycles. The summed E-state index contributed by atoms with van der Waals surface area (Å²) in [6.45, 7) is 5.07. The van der Waals surface area contributed by atoms with Crippen molar-refractivity contribution >= 4 is 51.7 Å². The highest BCUT2D eigenvalue weighted by molar-refractivity contribution is 6.44. The molecule has 1 N–H and O–H groups in total. The fourth-order valence-corrected chi connectivity index (χ4v) is 3.29. The molecule has 0 spiro atoms. The third-order valence-corrected chi connectivity index (χ3v) is 5.22. The average Bonchev–Trinajstić information content (AvgIpc) is 2.65. The second-order valence-corrected chi connectivity index (χ2v) is 7.14. The maximum atomic E-state index is 12.7. The molecule has 1 atom stereocenters. The Morgan fingerprint density at radius 3 is 2.54 bits per heavy atom. The molecule has 2 aromatic carbocycles. The zero-order valence-corrected chi connectivity index (χ0v) is 17.1. The van der Waals surface area contributed by atoms with Crippen molar-refractivity contribution in [1.29, 1.82) is 0 Å². The summed E-state index contributed by atoms with van der Waals surface area (Å²) in [6.07, 6.45) is -1.03. The van der Waals surface area contributed by atoms with Gasteiger partial charge in [-0.15, -0.1) is 0 Å². The van der Waals surface area contributed by atoms with Crippen molar-refractivity contribution in [3.05, 3.63) is 69.3 Å². The number of aryl methyl sites for hydroxylation is 2. The fourth-order valence-electron chi connectivity index (χ4n) is 2.94. The number of nitrogens with one attached hydrogen (secondary N) is 1. The Morgan fingerprint density at radius 2 is 1.79 bits per heavy atom. The zero-order chi connectivity index (χ0) is 20.4. The predicted octanol–water partition coefficient (Wildman–Crippen LogP) is 5.34. The van der Waals surface area contributed by atoms with Gasteiger partial charge in [0.05, 0.1) is 32.5 Å². The smallest absolute Gasteiger partial charge is 0.341 e. The number of carbonyl (C=O) groups excluding carboxylic acids is 2. The minimum absolute atomic E-state index is 0.224. The van der Waals surface area contributed by atoms with Gasteiger partial charge in [-0.05, 0) is 44.5 Å². The van der Waals surface area contributed by atoms with Gasteiger partial charge in [-0.25, -0.2) is 4.79 Å². The van der Waals surface area contributed by atoms with E-state index in [9.17, 15) is 9.59 Å². The minimum Gasteiger partial charge on any atom is -0.449 e. The number of amides is 1. The molecule has 28 heavy (non-hydrogen) atoms. The van der Waals surface area contributed by atoms with Crippen LogP contribution in [0.15, 0.2) is 42.5 Å². The minimum atomic E-state index is -1.03. The van der Waals surface area contributed by atoms with Crippen LogP contribution in [0.25, 0.3) is 10.9 Å². The molecule has 5 nitrogen and oxygen atoms in total. The normalized spacial score (nSPS) is 11.9. The van der Waals surface area contributed by atoms with Gasteiger partial charge in [0.25, 0.3) is 5.91 Å². The van der Waals surface area contributed by atoms with E-state index in [2.05, 4.69) is 10.3 Å². The zero-order valence-electron chi connectivity index (χ0n) is 15.5. The van der Waals surface area contributed by atoms with Crippen LogP contribution in [-0.4, -0.2) is 23.0 Å². The molecule has 0 aliphatic carbocycles. The van der Waals surface area contributed by atoms with Crippen LogP contribution >= 0.6 is 23.2 Å². The number of nitrogens with zero attached hydrogens (tertiary/aromatic N) is 1. The number of benzene rings is 2. The summed E-state index contributed by atoms with van der Waals surface area (Å²) < 4.78 is 5.38. The summed E-state index contributed by atoms with van der Waals surface area (Å²) in [5.74, 6) is -1.12. The van der Waals surface area contributed by atoms with Crippen LogP contribution in [0.4, 0.5) is 5.69 Å². The van der Waals surface area contributed by atoms with Crippen LogP contribution < -0.4 is 5.32 Å². The first-order valence-electron chi connectivity index (χ1n) is 8.61. The van der Waals surface area contributed by atoms with Crippen LogP contribution in [0.1, 0.15) is 28.5 Å². The molecule has 0 bridgehead atoms. The molecular weight excluding hydrogens is 399 g/mol. The number of anilines is 1. The van der Waals surface area contributed by atoms with Crippen molar-refractivity contribution in [3.8, 4) is 0 Å². The lowest BCUT2D eigenvalue weighted by molar-refractivity contribution is -0.123. The van der Waals surface area contributed by atoms with Gasteiger partial charge in [-0.1, -0.05) is 47.5 Å². The number of halogens is 2. The molecule has 0 saturated heterocycles. The maximum Gasteiger partial charge on any atom is 0.341 e. The average molecular weight is 417 g/mol. The lowest BCUT2D eigenvalue weighted by atomic mass is 10.0. The number of para-hydroxylation sites is 1. The van der Waals surface area contributed by atoms with Crippen molar-refractivity contribution in [2.24, 2.45) is 0 Å². The van der Waals surface area contributed by atoms with Crippen molar-refractivity contribution < 1.29 is 14.3 Å². The van der Waals surface area contributed by atoms with Crippen LogP contribution in [-0.2, 0) is 9.53 Å². The van der Waals surface area contributed by atoms with Gasteiger partial charge in [-0.2, -0.15) is 0 Å². The number of hydrogen-bond donors (Lipinski definition) is 1. The van der Waals surface area contributed by atoms with Gasteiger partial charge < -0.3 is 10.1 Å². The van der Waals surface area contributed by atoms with Crippen molar-refractivity contribution in [3.63, 3.8) is 0 Å². The summed E-state index contributed by atoms with van der Waals surface area (Å²) in [7, 11) is 0. The summed E-state index contributed by atoms with van der Waals surface area (Å²) >= 11 is 12.0. The van der Waals surface area contributed by atoms with Crippen LogP contribution in [0.3, 0.4) is 0 Å². The number of hydrogen-bond acceptors (Lipinski definition) is 4. The van der Waals surface area contributed by atoms with E-state index in [-0.39, 0.29) is 5.02 Å². The Hall–Kier alpha value is -2.63. The molecule has 0 saturated carbocycles. The molecule has 1 amide bonds. The molecule has 0 aliphatic rings. The Labute approximate surface area is 172 Å². The predicted molar refractivity (Wildman–Crippen MR) is 111 cm³/mol. The SMILES string of the molecule is Cc1nc2ccccc2c(C)c1C(=O)OC(C)C(=O)Nc1cccc(Cl)c1Cl. The van der Waals surface area contributed by atoms with E-state index in [0.717, 1.165) is 16.5 Å². The lowest BCUT2D eigenvalue weighted by Gasteiger charge is -2.17. The number of pyridine rings is 1. The highest BCUT2D eigenvalue weighted by Crippen LogP contribution is 2.30. The number of carbonyl (C=O) groups is 2. The van der Waals surface area contributed by atoms with E-state index in [0.29, 0.717) is 22.0 Å². The fraction of sp³-hybridized carbons (Fsp3) is 0.190. The Balaban J connectivity index is 1.80. The first kappa shape index (κ1) is 20.1. The third kappa shape index (κ3) is 3.96. The molecule has 7 heteroatoms. The van der Waals surface area contributed by atoms with Crippen molar-refractivity contribution in [1.82, 2.24) is 4.98 Å². The topological polar surface area (TPSA) is 68.3 Å². The summed E-state index contributed by atoms with van der Waals surface area (Å²) in [4.78, 5) is 29.6. The van der Waals surface area contributed by atoms with Crippen molar-refractivity contribution in [2.45, 2.75) is 26.9 Å².